The van der Waals surface area contributed by atoms with E-state index in [-0.39, 0.29) is 0 Å². The van der Waals surface area contributed by atoms with Crippen LogP contribution in [0.1, 0.15) is 44.7 Å². The van der Waals surface area contributed by atoms with Crippen molar-refractivity contribution in [3.63, 3.8) is 0 Å². The van der Waals surface area contributed by atoms with Crippen LogP contribution in [-0.4, -0.2) is 30.1 Å². The molecule has 2 fully saturated rings. The van der Waals surface area contributed by atoms with Crippen molar-refractivity contribution >= 4 is 0 Å². The average Bonchev–Trinajstić information content (AvgIpc) is 2.36. The summed E-state index contributed by atoms with van der Waals surface area (Å²) < 4.78 is 0. The molecule has 1 aliphatic carbocycles. The highest BCUT2D eigenvalue weighted by atomic mass is 15.3. The lowest BCUT2D eigenvalue weighted by atomic mass is 9.83. The van der Waals surface area contributed by atoms with Crippen LogP contribution in [-0.2, 0) is 0 Å². The second-order valence-electron chi connectivity index (χ2n) is 6.86. The van der Waals surface area contributed by atoms with Crippen molar-refractivity contribution in [1.29, 1.82) is 0 Å². The summed E-state index contributed by atoms with van der Waals surface area (Å²) in [6.45, 7) is 8.27. The van der Waals surface area contributed by atoms with Gasteiger partial charge in [0.2, 0.25) is 0 Å². The predicted molar refractivity (Wildman–Crippen MR) is 80.2 cm³/mol. The third-order valence-electron chi connectivity index (χ3n) is 4.95. The van der Waals surface area contributed by atoms with Crippen molar-refractivity contribution < 1.29 is 0 Å². The van der Waals surface area contributed by atoms with Crippen LogP contribution in [0.2, 0.25) is 0 Å². The first-order valence-electron chi connectivity index (χ1n) is 7.68. The van der Waals surface area contributed by atoms with Gasteiger partial charge in [0.1, 0.15) is 0 Å². The van der Waals surface area contributed by atoms with Gasteiger partial charge in [-0.3, -0.25) is 4.90 Å². The van der Waals surface area contributed by atoms with E-state index in [1.165, 1.54) is 31.4 Å². The molecule has 1 N–H and O–H groups in total. The summed E-state index contributed by atoms with van der Waals surface area (Å²) in [5.41, 5.74) is 1.72. The van der Waals surface area contributed by atoms with E-state index in [4.69, 9.17) is 0 Å². The van der Waals surface area contributed by atoms with Crippen molar-refractivity contribution in [2.75, 3.05) is 19.6 Å². The van der Waals surface area contributed by atoms with Crippen LogP contribution < -0.4 is 5.32 Å². The van der Waals surface area contributed by atoms with E-state index in [2.05, 4.69) is 54.4 Å². The first-order valence-corrected chi connectivity index (χ1v) is 7.68. The van der Waals surface area contributed by atoms with E-state index >= 15 is 0 Å². The smallest absolute Gasteiger partial charge is 0.0450 e. The number of hydrogen-bond donors (Lipinski definition) is 1. The Kier molecular flexibility index (Phi) is 3.64. The van der Waals surface area contributed by atoms with E-state index in [9.17, 15) is 0 Å². The van der Waals surface area contributed by atoms with Gasteiger partial charge in [0, 0.05) is 31.2 Å². The maximum absolute atomic E-state index is 3.72. The lowest BCUT2D eigenvalue weighted by molar-refractivity contribution is 0.0367. The number of nitrogens with zero attached hydrogens (tertiary/aromatic N) is 1. The minimum atomic E-state index is 0.293. The van der Waals surface area contributed by atoms with Gasteiger partial charge in [-0.2, -0.15) is 0 Å². The third-order valence-corrected chi connectivity index (χ3v) is 4.95. The Hall–Kier alpha value is -0.860. The highest BCUT2D eigenvalue weighted by Gasteiger charge is 2.36. The molecule has 2 heteroatoms. The van der Waals surface area contributed by atoms with Crippen molar-refractivity contribution in [1.82, 2.24) is 10.2 Å². The Morgan fingerprint density at radius 1 is 1.21 bits per heavy atom. The van der Waals surface area contributed by atoms with Gasteiger partial charge in [0.25, 0.3) is 0 Å². The van der Waals surface area contributed by atoms with Crippen LogP contribution >= 0.6 is 0 Å². The number of benzene rings is 1. The van der Waals surface area contributed by atoms with E-state index in [0.29, 0.717) is 11.6 Å². The lowest BCUT2D eigenvalue weighted by Crippen LogP contribution is -2.60. The summed E-state index contributed by atoms with van der Waals surface area (Å²) in [5, 5.41) is 3.72. The second kappa shape index (κ2) is 5.26. The van der Waals surface area contributed by atoms with E-state index in [1.807, 2.05) is 0 Å². The van der Waals surface area contributed by atoms with Gasteiger partial charge in [0.15, 0.2) is 0 Å². The quantitative estimate of drug-likeness (QED) is 0.895. The normalized spacial score (nSPS) is 28.0. The molecule has 2 aliphatic rings. The Balaban J connectivity index is 1.69. The van der Waals surface area contributed by atoms with Gasteiger partial charge in [0.05, 0.1) is 0 Å². The van der Waals surface area contributed by atoms with Gasteiger partial charge in [-0.25, -0.2) is 0 Å². The zero-order valence-corrected chi connectivity index (χ0v) is 12.2. The third kappa shape index (κ3) is 2.85. The maximum atomic E-state index is 3.72. The monoisotopic (exact) mass is 258 g/mol. The predicted octanol–water partition coefficient (Wildman–Crippen LogP) is 3.21. The van der Waals surface area contributed by atoms with E-state index in [0.717, 1.165) is 19.0 Å². The minimum Gasteiger partial charge on any atom is -0.307 e. The van der Waals surface area contributed by atoms with E-state index in [1.54, 1.807) is 0 Å². The van der Waals surface area contributed by atoms with Crippen LogP contribution in [0.3, 0.4) is 0 Å². The van der Waals surface area contributed by atoms with Gasteiger partial charge < -0.3 is 5.32 Å². The van der Waals surface area contributed by atoms with Gasteiger partial charge in [-0.1, -0.05) is 36.8 Å². The standard InChI is InChI=1S/C17H26N2/c1-17(2)13-18-16(15-9-4-3-5-10-15)12-19(17)11-14-7-6-8-14/h3-5,9-10,14,16,18H,6-8,11-13H2,1-2H3. The number of rotatable bonds is 3. The zero-order valence-electron chi connectivity index (χ0n) is 12.2. The molecule has 19 heavy (non-hydrogen) atoms. The maximum Gasteiger partial charge on any atom is 0.0450 e. The summed E-state index contributed by atoms with van der Waals surface area (Å²) in [7, 11) is 0. The Labute approximate surface area is 117 Å². The van der Waals surface area contributed by atoms with Crippen LogP contribution in [0.5, 0.6) is 0 Å². The first kappa shape index (κ1) is 13.1. The van der Waals surface area contributed by atoms with Crippen molar-refractivity contribution in [2.45, 2.75) is 44.7 Å². The van der Waals surface area contributed by atoms with Gasteiger partial charge in [-0.05, 0) is 38.2 Å². The van der Waals surface area contributed by atoms with Crippen molar-refractivity contribution in [2.24, 2.45) is 5.92 Å². The highest BCUT2D eigenvalue weighted by Crippen LogP contribution is 2.32. The van der Waals surface area contributed by atoms with Crippen LogP contribution in [0, 0.1) is 5.92 Å². The molecule has 3 rings (SSSR count). The molecule has 1 aromatic rings. The summed E-state index contributed by atoms with van der Waals surface area (Å²) in [6, 6.07) is 11.4. The number of nitrogens with one attached hydrogen (secondary N) is 1. The fraction of sp³-hybridized carbons (Fsp3) is 0.647. The lowest BCUT2D eigenvalue weighted by Gasteiger charge is -2.48. The Bertz CT molecular complexity index is 409. The van der Waals surface area contributed by atoms with Crippen molar-refractivity contribution in [3.05, 3.63) is 35.9 Å². The van der Waals surface area contributed by atoms with Crippen LogP contribution in [0.15, 0.2) is 30.3 Å². The molecular formula is C17H26N2. The Morgan fingerprint density at radius 2 is 1.95 bits per heavy atom. The highest BCUT2D eigenvalue weighted by molar-refractivity contribution is 5.20. The number of hydrogen-bond acceptors (Lipinski definition) is 2. The molecule has 2 nitrogen and oxygen atoms in total. The summed E-state index contributed by atoms with van der Waals surface area (Å²) in [4.78, 5) is 2.71. The van der Waals surface area contributed by atoms with Gasteiger partial charge in [-0.15, -0.1) is 0 Å². The van der Waals surface area contributed by atoms with Crippen molar-refractivity contribution in [3.8, 4) is 0 Å². The Morgan fingerprint density at radius 3 is 2.58 bits per heavy atom. The van der Waals surface area contributed by atoms with Gasteiger partial charge >= 0.3 is 0 Å². The molecule has 0 spiro atoms. The summed E-state index contributed by atoms with van der Waals surface area (Å²) in [6.07, 6.45) is 4.32. The van der Waals surface area contributed by atoms with E-state index < -0.39 is 0 Å². The fourth-order valence-corrected chi connectivity index (χ4v) is 3.23. The molecule has 1 unspecified atom stereocenters. The molecule has 0 radical (unpaired) electrons. The molecule has 1 saturated carbocycles. The molecular weight excluding hydrogens is 232 g/mol. The molecule has 104 valence electrons. The van der Waals surface area contributed by atoms with Crippen LogP contribution in [0.4, 0.5) is 0 Å². The molecule has 1 heterocycles. The first-order chi connectivity index (χ1) is 9.15. The minimum absolute atomic E-state index is 0.293. The largest absolute Gasteiger partial charge is 0.307 e. The topological polar surface area (TPSA) is 15.3 Å². The second-order valence-corrected chi connectivity index (χ2v) is 6.86. The molecule has 1 atom stereocenters. The molecule has 1 aromatic carbocycles. The zero-order chi connectivity index (χ0) is 13.3. The molecule has 0 aromatic heterocycles. The average molecular weight is 258 g/mol. The summed E-state index contributed by atoms with van der Waals surface area (Å²) >= 11 is 0. The molecule has 0 amide bonds. The molecule has 1 aliphatic heterocycles. The van der Waals surface area contributed by atoms with Crippen LogP contribution in [0.25, 0.3) is 0 Å². The summed E-state index contributed by atoms with van der Waals surface area (Å²) in [5.74, 6) is 0.953. The molecule has 1 saturated heterocycles. The number of piperazine rings is 1. The fourth-order valence-electron chi connectivity index (χ4n) is 3.23. The SMILES string of the molecule is CC1(C)CNC(c2ccccc2)CN1CC1CCC1. The molecule has 0 bridgehead atoms.